The number of benzene rings is 3. The first kappa shape index (κ1) is 23.9. The third kappa shape index (κ3) is 3.75. The Morgan fingerprint density at radius 1 is 0.868 bits per heavy atom. The van der Waals surface area contributed by atoms with Crippen LogP contribution in [0.2, 0.25) is 0 Å². The van der Waals surface area contributed by atoms with E-state index in [9.17, 15) is 19.2 Å². The summed E-state index contributed by atoms with van der Waals surface area (Å²) in [6.45, 7) is 1.83. The summed E-state index contributed by atoms with van der Waals surface area (Å²) < 4.78 is 5.66. The average Bonchev–Trinajstić information content (AvgIpc) is 3.55. The molecule has 2 atom stereocenters. The molecule has 3 aromatic rings. The van der Waals surface area contributed by atoms with Crippen molar-refractivity contribution in [2.75, 3.05) is 6.61 Å². The van der Waals surface area contributed by atoms with E-state index in [-0.39, 0.29) is 23.7 Å². The summed E-state index contributed by atoms with van der Waals surface area (Å²) in [5, 5.41) is 3.35. The van der Waals surface area contributed by atoms with Crippen molar-refractivity contribution in [3.63, 3.8) is 0 Å². The van der Waals surface area contributed by atoms with Gasteiger partial charge >= 0.3 is 12.1 Å². The van der Waals surface area contributed by atoms with Crippen LogP contribution in [0.15, 0.2) is 72.8 Å². The number of carbonyl (C=O) groups is 4. The quantitative estimate of drug-likeness (QED) is 0.493. The van der Waals surface area contributed by atoms with Crippen molar-refractivity contribution in [1.29, 1.82) is 0 Å². The van der Waals surface area contributed by atoms with Crippen LogP contribution in [0.5, 0.6) is 0 Å². The molecule has 0 aromatic heterocycles. The second kappa shape index (κ2) is 9.13. The molecule has 1 N–H and O–H groups in total. The molecule has 3 aliphatic rings. The maximum absolute atomic E-state index is 13.2. The first-order chi connectivity index (χ1) is 18.4. The van der Waals surface area contributed by atoms with Crippen LogP contribution in [-0.4, -0.2) is 41.6 Å². The Kier molecular flexibility index (Phi) is 5.75. The minimum atomic E-state index is -1.12. The van der Waals surface area contributed by atoms with Gasteiger partial charge in [-0.05, 0) is 54.2 Å². The molecule has 2 aliphatic carbocycles. The Hall–Kier alpha value is -4.46. The van der Waals surface area contributed by atoms with E-state index < -0.39 is 35.3 Å². The molecule has 1 fully saturated rings. The second-order valence-corrected chi connectivity index (χ2v) is 10.2. The largest absolute Gasteiger partial charge is 0.449 e. The van der Waals surface area contributed by atoms with Crippen molar-refractivity contribution in [3.05, 3.63) is 95.1 Å². The summed E-state index contributed by atoms with van der Waals surface area (Å²) in [5.41, 5.74) is 3.74. The van der Waals surface area contributed by atoms with Gasteiger partial charge < -0.3 is 14.9 Å². The van der Waals surface area contributed by atoms with E-state index in [1.54, 1.807) is 19.1 Å². The molecule has 6 rings (SSSR count). The highest BCUT2D eigenvalue weighted by Gasteiger charge is 2.50. The number of carbonyl (C=O) groups excluding carboxylic acids is 4. The van der Waals surface area contributed by atoms with Crippen molar-refractivity contribution in [1.82, 2.24) is 10.4 Å². The van der Waals surface area contributed by atoms with E-state index >= 15 is 0 Å². The highest BCUT2D eigenvalue weighted by Crippen LogP contribution is 2.45. The number of alkyl carbamates (subject to hydrolysis) is 1. The molecule has 8 nitrogen and oxygen atoms in total. The van der Waals surface area contributed by atoms with Crippen LogP contribution >= 0.6 is 0 Å². The van der Waals surface area contributed by atoms with Crippen LogP contribution in [0.25, 0.3) is 11.1 Å². The zero-order valence-corrected chi connectivity index (χ0v) is 20.8. The lowest BCUT2D eigenvalue weighted by molar-refractivity contribution is -0.181. The van der Waals surface area contributed by atoms with Crippen LogP contribution in [0.1, 0.15) is 63.9 Å². The topological polar surface area (TPSA) is 102 Å². The second-order valence-electron chi connectivity index (χ2n) is 10.2. The van der Waals surface area contributed by atoms with Gasteiger partial charge in [0.15, 0.2) is 0 Å². The number of hydrogen-bond acceptors (Lipinski definition) is 6. The van der Waals surface area contributed by atoms with Crippen molar-refractivity contribution < 1.29 is 28.8 Å². The summed E-state index contributed by atoms with van der Waals surface area (Å²) in [6, 6.07) is 21.9. The maximum atomic E-state index is 13.2. The first-order valence-electron chi connectivity index (χ1n) is 12.7. The molecule has 0 radical (unpaired) electrons. The van der Waals surface area contributed by atoms with Crippen molar-refractivity contribution in [2.45, 2.75) is 38.1 Å². The summed E-state index contributed by atoms with van der Waals surface area (Å²) in [7, 11) is 0. The zero-order chi connectivity index (χ0) is 26.4. The maximum Gasteiger partial charge on any atom is 0.407 e. The molecule has 38 heavy (non-hydrogen) atoms. The van der Waals surface area contributed by atoms with E-state index in [1.807, 2.05) is 36.4 Å². The molecule has 3 aromatic carbocycles. The van der Waals surface area contributed by atoms with Crippen LogP contribution in [0.4, 0.5) is 4.79 Å². The summed E-state index contributed by atoms with van der Waals surface area (Å²) in [6.07, 6.45) is 1.02. The van der Waals surface area contributed by atoms with E-state index in [1.165, 1.54) is 12.1 Å². The molecule has 0 saturated heterocycles. The molecule has 0 bridgehead atoms. The molecule has 2 unspecified atom stereocenters. The number of hydrogen-bond donors (Lipinski definition) is 1. The van der Waals surface area contributed by atoms with Gasteiger partial charge in [-0.2, -0.15) is 0 Å². The van der Waals surface area contributed by atoms with Gasteiger partial charge in [-0.1, -0.05) is 72.1 Å². The lowest BCUT2D eigenvalue weighted by Crippen LogP contribution is -2.50. The molecule has 3 amide bonds. The Balaban J connectivity index is 1.12. The molecular formula is C30H26N2O6. The van der Waals surface area contributed by atoms with Crippen LogP contribution in [0, 0.1) is 5.41 Å². The predicted octanol–water partition coefficient (Wildman–Crippen LogP) is 4.84. The number of fused-ring (bicyclic) bond motifs is 4. The number of ether oxygens (including phenoxy) is 1. The monoisotopic (exact) mass is 510 g/mol. The van der Waals surface area contributed by atoms with Crippen molar-refractivity contribution in [3.8, 4) is 11.1 Å². The predicted molar refractivity (Wildman–Crippen MR) is 137 cm³/mol. The molecule has 192 valence electrons. The Labute approximate surface area is 219 Å². The fourth-order valence-corrected chi connectivity index (χ4v) is 5.86. The number of imide groups is 1. The highest BCUT2D eigenvalue weighted by atomic mass is 16.7. The SMILES string of the molecule is CC1(C(=O)ON2C(=O)c3ccccc3C2=O)CCCC1NC(=O)OCC1c2ccccc2-c2ccccc21. The number of hydroxylamine groups is 2. The average molecular weight is 511 g/mol. The van der Waals surface area contributed by atoms with Crippen molar-refractivity contribution in [2.24, 2.45) is 5.41 Å². The van der Waals surface area contributed by atoms with Gasteiger partial charge in [0, 0.05) is 12.0 Å². The van der Waals surface area contributed by atoms with E-state index in [0.29, 0.717) is 24.3 Å². The van der Waals surface area contributed by atoms with Crippen molar-refractivity contribution >= 4 is 23.9 Å². The van der Waals surface area contributed by atoms with Gasteiger partial charge in [-0.3, -0.25) is 9.59 Å². The normalized spacial score (nSPS) is 21.6. The van der Waals surface area contributed by atoms with Crippen LogP contribution in [0.3, 0.4) is 0 Å². The van der Waals surface area contributed by atoms with Gasteiger partial charge in [-0.15, -0.1) is 0 Å². The summed E-state index contributed by atoms with van der Waals surface area (Å²) in [4.78, 5) is 56.8. The minimum Gasteiger partial charge on any atom is -0.449 e. The smallest absolute Gasteiger partial charge is 0.407 e. The number of nitrogens with zero attached hydrogens (tertiary/aromatic N) is 1. The fourth-order valence-electron chi connectivity index (χ4n) is 5.86. The molecule has 0 spiro atoms. The van der Waals surface area contributed by atoms with Gasteiger partial charge in [0.25, 0.3) is 11.8 Å². The van der Waals surface area contributed by atoms with E-state index in [0.717, 1.165) is 22.3 Å². The summed E-state index contributed by atoms with van der Waals surface area (Å²) >= 11 is 0. The first-order valence-corrected chi connectivity index (χ1v) is 12.7. The Bertz CT molecular complexity index is 1400. The molecule has 1 aliphatic heterocycles. The van der Waals surface area contributed by atoms with Crippen LogP contribution in [-0.2, 0) is 14.4 Å². The number of rotatable bonds is 5. The third-order valence-corrected chi connectivity index (χ3v) is 7.99. The summed E-state index contributed by atoms with van der Waals surface area (Å²) in [5.74, 6) is -2.18. The molecule has 1 heterocycles. The lowest BCUT2D eigenvalue weighted by atomic mass is 9.85. The molecule has 8 heteroatoms. The van der Waals surface area contributed by atoms with Gasteiger partial charge in [0.2, 0.25) is 0 Å². The van der Waals surface area contributed by atoms with Crippen LogP contribution < -0.4 is 5.32 Å². The van der Waals surface area contributed by atoms with E-state index in [4.69, 9.17) is 9.57 Å². The van der Waals surface area contributed by atoms with E-state index in [2.05, 4.69) is 17.4 Å². The third-order valence-electron chi connectivity index (χ3n) is 7.99. The molecule has 1 saturated carbocycles. The fraction of sp³-hybridized carbons (Fsp3) is 0.267. The lowest BCUT2D eigenvalue weighted by Gasteiger charge is -2.30. The zero-order valence-electron chi connectivity index (χ0n) is 20.8. The number of amides is 3. The standard InChI is InChI=1S/C30H26N2O6/c1-30(28(35)38-32-26(33)22-13-6-7-14-23(22)27(32)34)16-8-15-25(30)31-29(36)37-17-24-20-11-4-2-9-18(20)19-10-3-5-12-21(19)24/h2-7,9-14,24-25H,8,15-17H2,1H3,(H,31,36). The van der Waals surface area contributed by atoms with Gasteiger partial charge in [0.05, 0.1) is 16.5 Å². The number of nitrogens with one attached hydrogen (secondary N) is 1. The Morgan fingerprint density at radius 2 is 1.39 bits per heavy atom. The van der Waals surface area contributed by atoms with Gasteiger partial charge in [-0.25, -0.2) is 9.59 Å². The molecular weight excluding hydrogens is 484 g/mol. The highest BCUT2D eigenvalue weighted by molar-refractivity contribution is 6.21. The van der Waals surface area contributed by atoms with Gasteiger partial charge in [0.1, 0.15) is 6.61 Å². The Morgan fingerprint density at radius 3 is 1.97 bits per heavy atom. The minimum absolute atomic E-state index is 0.0816.